The van der Waals surface area contributed by atoms with Crippen LogP contribution in [-0.4, -0.2) is 95.6 Å². The summed E-state index contributed by atoms with van der Waals surface area (Å²) in [5, 5.41) is 0. The summed E-state index contributed by atoms with van der Waals surface area (Å²) >= 11 is 0. The van der Waals surface area contributed by atoms with Crippen molar-refractivity contribution in [3.05, 3.63) is 42.4 Å². The van der Waals surface area contributed by atoms with Gasteiger partial charge in [-0.15, -0.1) is 0 Å². The number of carbonyl (C=O) groups is 2. The van der Waals surface area contributed by atoms with Crippen LogP contribution in [0.5, 0.6) is 0 Å². The largest absolute Gasteiger partial charge is 0.369 e. The standard InChI is InChI=1S/C28H39FN5O3/c1-31(13-14-32-10-5-2-6-11-32)28(36)20-17-34-22-7-3-4-8-23(22)37-27-24(34)19(26(20)35)15-21(29)25(27)33-12-9-18(30)16-33/h2,5-6,10-11,17-19,21-25,27H,3-4,7-9,12-16,30H2,1H3/q+1. The van der Waals surface area contributed by atoms with E-state index in [0.29, 0.717) is 19.6 Å². The minimum Gasteiger partial charge on any atom is -0.369 e. The number of pyridine rings is 1. The molecule has 0 radical (unpaired) electrons. The first-order valence-electron chi connectivity index (χ1n) is 13.9. The second-order valence-electron chi connectivity index (χ2n) is 11.6. The smallest absolute Gasteiger partial charge is 0.258 e. The monoisotopic (exact) mass is 512 g/mol. The van der Waals surface area contributed by atoms with E-state index in [0.717, 1.165) is 38.6 Å². The Bertz CT molecular complexity index is 1050. The molecule has 8 nitrogen and oxygen atoms in total. The molecular formula is C28H39FN5O3+. The topological polar surface area (TPSA) is 83.0 Å². The molecule has 3 aliphatic heterocycles. The highest BCUT2D eigenvalue weighted by molar-refractivity contribution is 6.20. The van der Waals surface area contributed by atoms with Gasteiger partial charge in [-0.2, -0.15) is 0 Å². The molecule has 4 heterocycles. The van der Waals surface area contributed by atoms with Gasteiger partial charge in [-0.25, -0.2) is 8.96 Å². The Hall–Kier alpha value is -2.36. The summed E-state index contributed by atoms with van der Waals surface area (Å²) in [4.78, 5) is 33.4. The molecule has 200 valence electrons. The maximum absolute atomic E-state index is 15.9. The molecule has 2 saturated heterocycles. The fourth-order valence-corrected chi connectivity index (χ4v) is 7.39. The van der Waals surface area contributed by atoms with Crippen LogP contribution in [0.3, 0.4) is 0 Å². The van der Waals surface area contributed by atoms with Crippen LogP contribution in [-0.2, 0) is 20.9 Å². The number of nitrogens with two attached hydrogens (primary N) is 1. The van der Waals surface area contributed by atoms with E-state index >= 15 is 4.39 Å². The number of morpholine rings is 1. The predicted molar refractivity (Wildman–Crippen MR) is 135 cm³/mol. The number of nitrogens with zero attached hydrogens (tertiary/aromatic N) is 4. The number of Topliss-reactive ketones (excluding diaryl/α,β-unsaturated/α-hetero) is 1. The number of ketones is 1. The lowest BCUT2D eigenvalue weighted by molar-refractivity contribution is -0.696. The second-order valence-corrected chi connectivity index (χ2v) is 11.6. The van der Waals surface area contributed by atoms with E-state index in [9.17, 15) is 9.59 Å². The summed E-state index contributed by atoms with van der Waals surface area (Å²) in [6.07, 6.45) is 9.19. The first kappa shape index (κ1) is 24.9. The van der Waals surface area contributed by atoms with Gasteiger partial charge in [0.15, 0.2) is 24.7 Å². The van der Waals surface area contributed by atoms with E-state index in [-0.39, 0.29) is 47.9 Å². The van der Waals surface area contributed by atoms with E-state index in [2.05, 4.69) is 9.80 Å². The van der Waals surface area contributed by atoms with E-state index in [1.165, 1.54) is 0 Å². The van der Waals surface area contributed by atoms with Gasteiger partial charge in [-0.1, -0.05) is 18.9 Å². The van der Waals surface area contributed by atoms with Crippen molar-refractivity contribution in [2.45, 2.75) is 87.6 Å². The molecule has 1 aromatic rings. The molecule has 0 aromatic carbocycles. The predicted octanol–water partition coefficient (Wildman–Crippen LogP) is 1.04. The van der Waals surface area contributed by atoms with Gasteiger partial charge in [-0.3, -0.25) is 14.5 Å². The van der Waals surface area contributed by atoms with E-state index in [4.69, 9.17) is 10.5 Å². The molecular weight excluding hydrogens is 473 g/mol. The van der Waals surface area contributed by atoms with Gasteiger partial charge in [-0.05, 0) is 25.7 Å². The van der Waals surface area contributed by atoms with Crippen molar-refractivity contribution in [1.82, 2.24) is 14.7 Å². The summed E-state index contributed by atoms with van der Waals surface area (Å²) < 4.78 is 24.6. The number of alkyl halides is 1. The number of likely N-dealkylation sites (tertiary alicyclic amines) is 1. The molecule has 0 spiro atoms. The Kier molecular flexibility index (Phi) is 6.79. The van der Waals surface area contributed by atoms with Crippen LogP contribution >= 0.6 is 0 Å². The molecule has 5 aliphatic rings. The molecule has 8 unspecified atom stereocenters. The fraction of sp³-hybridized carbons (Fsp3) is 0.679. The Morgan fingerprint density at radius 3 is 2.73 bits per heavy atom. The molecule has 8 atom stereocenters. The van der Waals surface area contributed by atoms with Crippen molar-refractivity contribution in [3.8, 4) is 0 Å². The number of rotatable bonds is 5. The van der Waals surface area contributed by atoms with Crippen molar-refractivity contribution in [2.75, 3.05) is 26.7 Å². The lowest BCUT2D eigenvalue weighted by atomic mass is 9.69. The SMILES string of the molecule is CN(CC[n+]1ccccc1)C(=O)C1=CN2C3CCCCC3OC3C(N4CCC(N)C4)C(F)CC(C1=O)C32. The summed E-state index contributed by atoms with van der Waals surface area (Å²) in [6, 6.07) is 5.39. The Morgan fingerprint density at radius 1 is 1.19 bits per heavy atom. The van der Waals surface area contributed by atoms with Crippen LogP contribution < -0.4 is 10.3 Å². The zero-order chi connectivity index (χ0) is 25.7. The third kappa shape index (κ3) is 4.49. The van der Waals surface area contributed by atoms with Crippen LogP contribution in [0, 0.1) is 5.92 Å². The quantitative estimate of drug-likeness (QED) is 0.469. The van der Waals surface area contributed by atoms with Crippen LogP contribution in [0.4, 0.5) is 4.39 Å². The van der Waals surface area contributed by atoms with Gasteiger partial charge >= 0.3 is 0 Å². The summed E-state index contributed by atoms with van der Waals surface area (Å²) in [7, 11) is 1.74. The number of carbonyl (C=O) groups excluding carboxylic acids is 2. The second kappa shape index (κ2) is 10.1. The zero-order valence-corrected chi connectivity index (χ0v) is 21.6. The minimum atomic E-state index is -1.19. The highest BCUT2D eigenvalue weighted by Crippen LogP contribution is 2.47. The first-order chi connectivity index (χ1) is 17.9. The van der Waals surface area contributed by atoms with Gasteiger partial charge < -0.3 is 20.3 Å². The molecule has 2 aliphatic carbocycles. The van der Waals surface area contributed by atoms with Crippen molar-refractivity contribution in [2.24, 2.45) is 11.7 Å². The number of hydrogen-bond acceptors (Lipinski definition) is 6. The van der Waals surface area contributed by atoms with E-state index in [1.807, 2.05) is 41.4 Å². The van der Waals surface area contributed by atoms with Crippen molar-refractivity contribution in [3.63, 3.8) is 0 Å². The van der Waals surface area contributed by atoms with Crippen molar-refractivity contribution < 1.29 is 23.3 Å². The number of hydrogen-bond donors (Lipinski definition) is 1. The van der Waals surface area contributed by atoms with Gasteiger partial charge in [0.2, 0.25) is 0 Å². The number of ether oxygens (including phenoxy) is 1. The first-order valence-corrected chi connectivity index (χ1v) is 13.9. The molecule has 2 saturated carbocycles. The molecule has 0 bridgehead atoms. The summed E-state index contributed by atoms with van der Waals surface area (Å²) in [5.74, 6) is -1.08. The van der Waals surface area contributed by atoms with E-state index in [1.54, 1.807) is 11.9 Å². The van der Waals surface area contributed by atoms with Crippen molar-refractivity contribution in [1.29, 1.82) is 0 Å². The van der Waals surface area contributed by atoms with Gasteiger partial charge in [0.25, 0.3) is 5.91 Å². The highest BCUT2D eigenvalue weighted by atomic mass is 19.1. The lowest BCUT2D eigenvalue weighted by Gasteiger charge is -2.60. The van der Waals surface area contributed by atoms with Crippen molar-refractivity contribution >= 4 is 11.7 Å². The molecule has 4 fully saturated rings. The van der Waals surface area contributed by atoms with E-state index < -0.39 is 24.2 Å². The lowest BCUT2D eigenvalue weighted by Crippen LogP contribution is -2.73. The Balaban J connectivity index is 1.29. The fourth-order valence-electron chi connectivity index (χ4n) is 7.39. The Labute approximate surface area is 218 Å². The molecule has 6 rings (SSSR count). The Morgan fingerprint density at radius 2 is 1.97 bits per heavy atom. The van der Waals surface area contributed by atoms with Crippen LogP contribution in [0.1, 0.15) is 38.5 Å². The number of aromatic nitrogens is 1. The van der Waals surface area contributed by atoms with Crippen LogP contribution in [0.2, 0.25) is 0 Å². The number of fused-ring (bicyclic) bond motifs is 2. The molecule has 2 N–H and O–H groups in total. The third-order valence-electron chi connectivity index (χ3n) is 9.27. The number of halogens is 1. The average molecular weight is 513 g/mol. The molecule has 37 heavy (non-hydrogen) atoms. The molecule has 9 heteroatoms. The van der Waals surface area contributed by atoms with Crippen LogP contribution in [0.25, 0.3) is 0 Å². The average Bonchev–Trinajstić information content (AvgIpc) is 3.34. The maximum atomic E-state index is 15.9. The van der Waals surface area contributed by atoms with Crippen LogP contribution in [0.15, 0.2) is 42.4 Å². The van der Waals surface area contributed by atoms with Gasteiger partial charge in [0.1, 0.15) is 6.17 Å². The summed E-state index contributed by atoms with van der Waals surface area (Å²) in [5.41, 5.74) is 6.38. The summed E-state index contributed by atoms with van der Waals surface area (Å²) in [6.45, 7) is 2.53. The van der Waals surface area contributed by atoms with Gasteiger partial charge in [0.05, 0.1) is 42.5 Å². The normalized spacial score (nSPS) is 37.5. The number of likely N-dealkylation sites (N-methyl/N-ethyl adjacent to an activating group) is 1. The highest BCUT2D eigenvalue weighted by Gasteiger charge is 2.59. The minimum absolute atomic E-state index is 0.00672. The number of amides is 1. The zero-order valence-electron chi connectivity index (χ0n) is 21.6. The maximum Gasteiger partial charge on any atom is 0.258 e. The van der Waals surface area contributed by atoms with Gasteiger partial charge in [0, 0.05) is 50.4 Å². The molecule has 1 amide bonds. The third-order valence-corrected chi connectivity index (χ3v) is 9.27. The molecule has 1 aromatic heterocycles.